The SMILES string of the molecule is C#Cc1cccc(N(CC(=O)NC)S(=O)(=O)c2cc(F)ccc2F)c1. The van der Waals surface area contributed by atoms with Gasteiger partial charge in [-0.05, 0) is 36.4 Å². The van der Waals surface area contributed by atoms with Gasteiger partial charge in [0.25, 0.3) is 10.0 Å². The Morgan fingerprint density at radius 3 is 2.60 bits per heavy atom. The lowest BCUT2D eigenvalue weighted by Gasteiger charge is -2.24. The zero-order valence-corrected chi connectivity index (χ0v) is 14.0. The smallest absolute Gasteiger partial charge is 0.267 e. The molecule has 2 rings (SSSR count). The molecule has 0 aliphatic rings. The molecule has 0 spiro atoms. The van der Waals surface area contributed by atoms with Crippen molar-refractivity contribution in [3.63, 3.8) is 0 Å². The van der Waals surface area contributed by atoms with Gasteiger partial charge in [0, 0.05) is 12.6 Å². The topological polar surface area (TPSA) is 66.5 Å². The molecule has 130 valence electrons. The van der Waals surface area contributed by atoms with Crippen molar-refractivity contribution < 1.29 is 22.0 Å². The Hall–Kier alpha value is -2.92. The van der Waals surface area contributed by atoms with E-state index in [1.165, 1.54) is 25.2 Å². The quantitative estimate of drug-likeness (QED) is 0.824. The van der Waals surface area contributed by atoms with Crippen molar-refractivity contribution in [2.24, 2.45) is 0 Å². The molecule has 2 aromatic carbocycles. The van der Waals surface area contributed by atoms with Gasteiger partial charge < -0.3 is 5.32 Å². The molecule has 0 saturated carbocycles. The van der Waals surface area contributed by atoms with Crippen molar-refractivity contribution in [2.45, 2.75) is 4.90 Å². The van der Waals surface area contributed by atoms with Gasteiger partial charge in [0.1, 0.15) is 23.1 Å². The number of anilines is 1. The zero-order chi connectivity index (χ0) is 18.6. The molecule has 5 nitrogen and oxygen atoms in total. The normalized spacial score (nSPS) is 10.8. The Bertz CT molecular complexity index is 953. The maximum Gasteiger partial charge on any atom is 0.267 e. The number of carbonyl (C=O) groups is 1. The number of amides is 1. The van der Waals surface area contributed by atoms with Gasteiger partial charge in [-0.3, -0.25) is 9.10 Å². The number of carbonyl (C=O) groups excluding carboxylic acids is 1. The van der Waals surface area contributed by atoms with E-state index < -0.39 is 39.0 Å². The number of benzene rings is 2. The third-order valence-electron chi connectivity index (χ3n) is 3.33. The van der Waals surface area contributed by atoms with Crippen molar-refractivity contribution in [1.82, 2.24) is 5.32 Å². The fraction of sp³-hybridized carbons (Fsp3) is 0.118. The van der Waals surface area contributed by atoms with Crippen molar-refractivity contribution >= 4 is 21.6 Å². The molecule has 0 aliphatic heterocycles. The van der Waals surface area contributed by atoms with Gasteiger partial charge in [0.2, 0.25) is 5.91 Å². The molecule has 0 aliphatic carbocycles. The highest BCUT2D eigenvalue weighted by Gasteiger charge is 2.30. The van der Waals surface area contributed by atoms with E-state index in [-0.39, 0.29) is 5.69 Å². The molecule has 1 N–H and O–H groups in total. The number of halogens is 2. The van der Waals surface area contributed by atoms with Crippen LogP contribution >= 0.6 is 0 Å². The van der Waals surface area contributed by atoms with Gasteiger partial charge in [0.15, 0.2) is 0 Å². The highest BCUT2D eigenvalue weighted by molar-refractivity contribution is 7.92. The standard InChI is InChI=1S/C17H14F2N2O3S/c1-3-12-5-4-6-14(9-12)21(11-17(22)20-2)25(23,24)16-10-13(18)7-8-15(16)19/h1,4-10H,11H2,2H3,(H,20,22). The van der Waals surface area contributed by atoms with Crippen LogP contribution in [0.3, 0.4) is 0 Å². The Morgan fingerprint density at radius 2 is 1.96 bits per heavy atom. The molecule has 8 heteroatoms. The summed E-state index contributed by atoms with van der Waals surface area (Å²) < 4.78 is 53.8. The van der Waals surface area contributed by atoms with Gasteiger partial charge in [-0.25, -0.2) is 17.2 Å². The average Bonchev–Trinajstić information content (AvgIpc) is 2.61. The molecular formula is C17H14F2N2O3S. The van der Waals surface area contributed by atoms with Crippen LogP contribution in [0.15, 0.2) is 47.4 Å². The average molecular weight is 364 g/mol. The summed E-state index contributed by atoms with van der Waals surface area (Å²) in [6.45, 7) is -0.622. The first-order valence-corrected chi connectivity index (χ1v) is 8.48. The van der Waals surface area contributed by atoms with Gasteiger partial charge in [-0.1, -0.05) is 12.0 Å². The molecule has 0 heterocycles. The lowest BCUT2D eigenvalue weighted by molar-refractivity contribution is -0.119. The number of nitrogens with one attached hydrogen (secondary N) is 1. The van der Waals surface area contributed by atoms with Gasteiger partial charge in [-0.15, -0.1) is 6.42 Å². The summed E-state index contributed by atoms with van der Waals surface area (Å²) >= 11 is 0. The minimum atomic E-state index is -4.55. The van der Waals surface area contributed by atoms with Gasteiger partial charge in [-0.2, -0.15) is 0 Å². The predicted molar refractivity (Wildman–Crippen MR) is 89.3 cm³/mol. The molecule has 0 bridgehead atoms. The number of nitrogens with zero attached hydrogens (tertiary/aromatic N) is 1. The van der Waals surface area contributed by atoms with Crippen molar-refractivity contribution in [3.8, 4) is 12.3 Å². The first-order valence-electron chi connectivity index (χ1n) is 7.04. The van der Waals surface area contributed by atoms with Crippen LogP contribution in [0.5, 0.6) is 0 Å². The lowest BCUT2D eigenvalue weighted by atomic mass is 10.2. The van der Waals surface area contributed by atoms with E-state index in [0.717, 1.165) is 6.07 Å². The largest absolute Gasteiger partial charge is 0.358 e. The highest BCUT2D eigenvalue weighted by atomic mass is 32.2. The van der Waals surface area contributed by atoms with E-state index in [1.807, 2.05) is 0 Å². The molecule has 1 amide bonds. The zero-order valence-electron chi connectivity index (χ0n) is 13.2. The van der Waals surface area contributed by atoms with Crippen molar-refractivity contribution in [1.29, 1.82) is 0 Å². The summed E-state index contributed by atoms with van der Waals surface area (Å²) in [5.74, 6) is -0.335. The lowest BCUT2D eigenvalue weighted by Crippen LogP contribution is -2.40. The third kappa shape index (κ3) is 3.95. The van der Waals surface area contributed by atoms with Crippen LogP contribution in [-0.4, -0.2) is 27.9 Å². The van der Waals surface area contributed by atoms with E-state index in [0.29, 0.717) is 22.0 Å². The van der Waals surface area contributed by atoms with Crippen LogP contribution in [0.25, 0.3) is 0 Å². The molecule has 0 saturated heterocycles. The van der Waals surface area contributed by atoms with Crippen LogP contribution < -0.4 is 9.62 Å². The van der Waals surface area contributed by atoms with E-state index in [1.54, 1.807) is 6.07 Å². The Labute approximate surface area is 144 Å². The minimum Gasteiger partial charge on any atom is -0.358 e. The summed E-state index contributed by atoms with van der Waals surface area (Å²) in [6.07, 6.45) is 5.30. The number of sulfonamides is 1. The van der Waals surface area contributed by atoms with Crippen LogP contribution in [-0.2, 0) is 14.8 Å². The molecular weight excluding hydrogens is 350 g/mol. The van der Waals surface area contributed by atoms with Crippen LogP contribution in [0.1, 0.15) is 5.56 Å². The summed E-state index contributed by atoms with van der Waals surface area (Å²) in [7, 11) is -3.22. The van der Waals surface area contributed by atoms with E-state index in [2.05, 4.69) is 11.2 Å². The second-order valence-electron chi connectivity index (χ2n) is 4.95. The second-order valence-corrected chi connectivity index (χ2v) is 6.78. The van der Waals surface area contributed by atoms with Crippen molar-refractivity contribution in [3.05, 3.63) is 59.7 Å². The molecule has 0 radical (unpaired) electrons. The number of hydrogen-bond acceptors (Lipinski definition) is 3. The van der Waals surface area contributed by atoms with E-state index in [4.69, 9.17) is 6.42 Å². The van der Waals surface area contributed by atoms with Crippen LogP contribution in [0, 0.1) is 24.0 Å². The molecule has 0 fully saturated rings. The summed E-state index contributed by atoms with van der Waals surface area (Å²) in [6, 6.07) is 7.90. The maximum atomic E-state index is 14.0. The molecule has 0 atom stereocenters. The Morgan fingerprint density at radius 1 is 1.24 bits per heavy atom. The van der Waals surface area contributed by atoms with E-state index >= 15 is 0 Å². The summed E-state index contributed by atoms with van der Waals surface area (Å²) in [5, 5.41) is 2.29. The monoisotopic (exact) mass is 364 g/mol. The maximum absolute atomic E-state index is 14.0. The number of likely N-dealkylation sites (N-methyl/N-ethyl adjacent to an activating group) is 1. The predicted octanol–water partition coefficient (Wildman–Crippen LogP) is 1.89. The van der Waals surface area contributed by atoms with Crippen LogP contribution in [0.4, 0.5) is 14.5 Å². The molecule has 2 aromatic rings. The van der Waals surface area contributed by atoms with Gasteiger partial charge in [0.05, 0.1) is 5.69 Å². The Balaban J connectivity index is 2.63. The minimum absolute atomic E-state index is 0.0581. The first-order chi connectivity index (χ1) is 11.8. The number of hydrogen-bond donors (Lipinski definition) is 1. The molecule has 25 heavy (non-hydrogen) atoms. The summed E-state index contributed by atoms with van der Waals surface area (Å²) in [5.41, 5.74) is 0.428. The molecule has 0 unspecified atom stereocenters. The van der Waals surface area contributed by atoms with Crippen molar-refractivity contribution in [2.75, 3.05) is 17.9 Å². The second kappa shape index (κ2) is 7.32. The number of rotatable bonds is 5. The fourth-order valence-electron chi connectivity index (χ4n) is 2.07. The molecule has 0 aromatic heterocycles. The number of terminal acetylenes is 1. The third-order valence-corrected chi connectivity index (χ3v) is 5.12. The first kappa shape index (κ1) is 18.4. The fourth-order valence-corrected chi connectivity index (χ4v) is 3.56. The highest BCUT2D eigenvalue weighted by Crippen LogP contribution is 2.26. The van der Waals surface area contributed by atoms with Crippen LogP contribution in [0.2, 0.25) is 0 Å². The summed E-state index contributed by atoms with van der Waals surface area (Å²) in [4.78, 5) is 10.9. The van der Waals surface area contributed by atoms with Gasteiger partial charge >= 0.3 is 0 Å². The Kier molecular flexibility index (Phi) is 5.39. The van der Waals surface area contributed by atoms with E-state index in [9.17, 15) is 22.0 Å².